The Labute approximate surface area is 70.1 Å². The third kappa shape index (κ3) is 1.76. The number of likely N-dealkylation sites (tertiary alicyclic amines) is 1. The number of hydrogen-bond acceptors (Lipinski definition) is 1. The molecule has 1 aliphatic heterocycles. The van der Waals surface area contributed by atoms with Gasteiger partial charge in [-0.25, -0.2) is 0 Å². The van der Waals surface area contributed by atoms with E-state index in [-0.39, 0.29) is 0 Å². The van der Waals surface area contributed by atoms with Crippen LogP contribution < -0.4 is 0 Å². The Hall–Kier alpha value is -0.460. The fraction of sp³-hybridized carbons (Fsp3) is 0.800. The van der Waals surface area contributed by atoms with Crippen molar-refractivity contribution in [2.45, 2.75) is 39.7 Å². The van der Waals surface area contributed by atoms with E-state index in [1.807, 2.05) is 0 Å². The van der Waals surface area contributed by atoms with Crippen LogP contribution in [0.3, 0.4) is 0 Å². The number of nitrogens with zero attached hydrogens (tertiary/aromatic N) is 1. The quantitative estimate of drug-likeness (QED) is 0.589. The summed E-state index contributed by atoms with van der Waals surface area (Å²) in [6.07, 6.45) is 2.69. The van der Waals surface area contributed by atoms with Gasteiger partial charge in [0.25, 0.3) is 0 Å². The van der Waals surface area contributed by atoms with Gasteiger partial charge in [0, 0.05) is 18.3 Å². The molecule has 11 heavy (non-hydrogen) atoms. The normalized spacial score (nSPS) is 24.7. The van der Waals surface area contributed by atoms with Gasteiger partial charge in [-0.05, 0) is 25.7 Å². The van der Waals surface area contributed by atoms with Gasteiger partial charge in [0.1, 0.15) is 0 Å². The summed E-state index contributed by atoms with van der Waals surface area (Å²) in [7, 11) is 0. The van der Waals surface area contributed by atoms with E-state index >= 15 is 0 Å². The Morgan fingerprint density at radius 1 is 1.55 bits per heavy atom. The summed E-state index contributed by atoms with van der Waals surface area (Å²) in [5.74, 6) is 0.772. The molecule has 1 aliphatic rings. The first-order chi connectivity index (χ1) is 5.13. The maximum Gasteiger partial charge on any atom is 0.0310 e. The van der Waals surface area contributed by atoms with Crippen LogP contribution in [0.1, 0.15) is 33.6 Å². The Morgan fingerprint density at radius 2 is 2.18 bits per heavy atom. The first-order valence-electron chi connectivity index (χ1n) is 4.55. The zero-order chi connectivity index (χ0) is 8.43. The summed E-state index contributed by atoms with van der Waals surface area (Å²) >= 11 is 0. The van der Waals surface area contributed by atoms with Gasteiger partial charge in [0.2, 0.25) is 0 Å². The van der Waals surface area contributed by atoms with Crippen LogP contribution in [-0.2, 0) is 0 Å². The highest BCUT2D eigenvalue weighted by Gasteiger charge is 2.25. The van der Waals surface area contributed by atoms with E-state index in [2.05, 4.69) is 32.3 Å². The number of rotatable bonds is 2. The summed E-state index contributed by atoms with van der Waals surface area (Å²) < 4.78 is 0. The van der Waals surface area contributed by atoms with Crippen LogP contribution in [0, 0.1) is 5.92 Å². The molecule has 1 rings (SSSR count). The molecule has 1 atom stereocenters. The largest absolute Gasteiger partial charge is 0.372 e. The van der Waals surface area contributed by atoms with E-state index < -0.39 is 0 Å². The molecule has 1 saturated heterocycles. The van der Waals surface area contributed by atoms with E-state index in [0.717, 1.165) is 12.0 Å². The molecule has 0 unspecified atom stereocenters. The molecule has 64 valence electrons. The fourth-order valence-corrected chi connectivity index (χ4v) is 1.96. The first-order valence-corrected chi connectivity index (χ1v) is 4.55. The van der Waals surface area contributed by atoms with E-state index in [1.54, 1.807) is 0 Å². The second-order valence-electron chi connectivity index (χ2n) is 3.88. The molecular formula is C10H19N. The summed E-state index contributed by atoms with van der Waals surface area (Å²) in [6.45, 7) is 11.9. The molecule has 0 aromatic heterocycles. The minimum Gasteiger partial charge on any atom is -0.372 e. The van der Waals surface area contributed by atoms with Crippen LogP contribution in [0.15, 0.2) is 12.3 Å². The predicted octanol–water partition coefficient (Wildman–Crippen LogP) is 2.64. The molecule has 0 N–H and O–H groups in total. The van der Waals surface area contributed by atoms with Gasteiger partial charge in [0.05, 0.1) is 0 Å². The highest BCUT2D eigenvalue weighted by Crippen LogP contribution is 2.26. The molecule has 1 heteroatoms. The molecule has 0 aliphatic carbocycles. The van der Waals surface area contributed by atoms with Crippen molar-refractivity contribution in [2.24, 2.45) is 5.92 Å². The fourth-order valence-electron chi connectivity index (χ4n) is 1.96. The summed E-state index contributed by atoms with van der Waals surface area (Å²) in [4.78, 5) is 2.45. The molecular weight excluding hydrogens is 134 g/mol. The predicted molar refractivity (Wildman–Crippen MR) is 49.4 cm³/mol. The van der Waals surface area contributed by atoms with Crippen LogP contribution in [-0.4, -0.2) is 17.5 Å². The summed E-state index contributed by atoms with van der Waals surface area (Å²) in [5.41, 5.74) is 1.24. The summed E-state index contributed by atoms with van der Waals surface area (Å²) in [5, 5.41) is 0. The van der Waals surface area contributed by atoms with E-state index in [9.17, 15) is 0 Å². The molecule has 0 aromatic rings. The second kappa shape index (κ2) is 3.29. The van der Waals surface area contributed by atoms with Crippen LogP contribution in [0.25, 0.3) is 0 Å². The van der Waals surface area contributed by atoms with Gasteiger partial charge >= 0.3 is 0 Å². The Kier molecular flexibility index (Phi) is 2.58. The van der Waals surface area contributed by atoms with Crippen molar-refractivity contribution >= 4 is 0 Å². The molecule has 0 spiro atoms. The van der Waals surface area contributed by atoms with Crippen molar-refractivity contribution in [3.8, 4) is 0 Å². The average Bonchev–Trinajstić information content (AvgIpc) is 2.32. The third-order valence-electron chi connectivity index (χ3n) is 2.56. The number of hydrogen-bond donors (Lipinski definition) is 0. The van der Waals surface area contributed by atoms with Gasteiger partial charge in [-0.2, -0.15) is 0 Å². The molecule has 0 bridgehead atoms. The zero-order valence-electron chi connectivity index (χ0n) is 7.93. The lowest BCUT2D eigenvalue weighted by Gasteiger charge is -2.29. The SMILES string of the molecule is C=C(C)N1CCC[C@H]1C(C)C. The maximum atomic E-state index is 4.00. The van der Waals surface area contributed by atoms with Gasteiger partial charge in [-0.1, -0.05) is 20.4 Å². The Bertz CT molecular complexity index is 149. The smallest absolute Gasteiger partial charge is 0.0310 e. The van der Waals surface area contributed by atoms with E-state index in [1.165, 1.54) is 25.1 Å². The third-order valence-corrected chi connectivity index (χ3v) is 2.56. The molecule has 0 aromatic carbocycles. The van der Waals surface area contributed by atoms with Gasteiger partial charge in [0.15, 0.2) is 0 Å². The monoisotopic (exact) mass is 153 g/mol. The molecule has 0 radical (unpaired) electrons. The molecule has 1 fully saturated rings. The second-order valence-corrected chi connectivity index (χ2v) is 3.88. The maximum absolute atomic E-state index is 4.00. The van der Waals surface area contributed by atoms with Crippen molar-refractivity contribution in [3.05, 3.63) is 12.3 Å². The molecule has 0 saturated carbocycles. The van der Waals surface area contributed by atoms with Gasteiger partial charge in [-0.3, -0.25) is 0 Å². The highest BCUT2D eigenvalue weighted by molar-refractivity contribution is 4.97. The van der Waals surface area contributed by atoms with Crippen molar-refractivity contribution in [1.82, 2.24) is 4.90 Å². The van der Waals surface area contributed by atoms with Crippen LogP contribution in [0.5, 0.6) is 0 Å². The Balaban J connectivity index is 2.58. The average molecular weight is 153 g/mol. The molecule has 0 amide bonds. The lowest BCUT2D eigenvalue weighted by Crippen LogP contribution is -2.31. The minimum atomic E-state index is 0.757. The minimum absolute atomic E-state index is 0.757. The Morgan fingerprint density at radius 3 is 2.55 bits per heavy atom. The first kappa shape index (κ1) is 8.63. The van der Waals surface area contributed by atoms with E-state index in [4.69, 9.17) is 0 Å². The standard InChI is InChI=1S/C10H19N/c1-8(2)10-6-5-7-11(10)9(3)4/h8,10H,3,5-7H2,1-2,4H3/t10-/m0/s1. The van der Waals surface area contributed by atoms with E-state index in [0.29, 0.717) is 0 Å². The van der Waals surface area contributed by atoms with Crippen LogP contribution >= 0.6 is 0 Å². The van der Waals surface area contributed by atoms with Crippen molar-refractivity contribution in [2.75, 3.05) is 6.54 Å². The lowest BCUT2D eigenvalue weighted by atomic mass is 10.0. The molecule has 1 nitrogen and oxygen atoms in total. The van der Waals surface area contributed by atoms with Crippen LogP contribution in [0.4, 0.5) is 0 Å². The zero-order valence-corrected chi connectivity index (χ0v) is 7.93. The molecule has 1 heterocycles. The van der Waals surface area contributed by atoms with Crippen LogP contribution in [0.2, 0.25) is 0 Å². The van der Waals surface area contributed by atoms with Crippen molar-refractivity contribution in [1.29, 1.82) is 0 Å². The van der Waals surface area contributed by atoms with Crippen molar-refractivity contribution < 1.29 is 0 Å². The summed E-state index contributed by atoms with van der Waals surface area (Å²) in [6, 6.07) is 0.757. The van der Waals surface area contributed by atoms with Crippen molar-refractivity contribution in [3.63, 3.8) is 0 Å². The van der Waals surface area contributed by atoms with Gasteiger partial charge < -0.3 is 4.90 Å². The number of allylic oxidation sites excluding steroid dienone is 1. The highest BCUT2D eigenvalue weighted by atomic mass is 15.2. The lowest BCUT2D eigenvalue weighted by molar-refractivity contribution is 0.260. The van der Waals surface area contributed by atoms with Gasteiger partial charge in [-0.15, -0.1) is 0 Å². The topological polar surface area (TPSA) is 3.24 Å².